The molecule has 2 aromatic carbocycles. The van der Waals surface area contributed by atoms with Crippen LogP contribution in [0.1, 0.15) is 49.4 Å². The quantitative estimate of drug-likeness (QED) is 0.234. The number of para-hydroxylation sites is 1. The SMILES string of the molecule is COC(=O)COc1c(I)cc(C=Nn2c(C3CCCCC3)nc3ccccc3c2=O)cc1OC. The van der Waals surface area contributed by atoms with Gasteiger partial charge in [0, 0.05) is 5.92 Å². The highest BCUT2D eigenvalue weighted by atomic mass is 127. The van der Waals surface area contributed by atoms with Crippen LogP contribution in [-0.2, 0) is 9.53 Å². The highest BCUT2D eigenvalue weighted by Crippen LogP contribution is 2.34. The number of carbonyl (C=O) groups excluding carboxylic acids is 1. The van der Waals surface area contributed by atoms with Gasteiger partial charge in [0.1, 0.15) is 5.82 Å². The van der Waals surface area contributed by atoms with Crippen molar-refractivity contribution in [2.75, 3.05) is 20.8 Å². The first kappa shape index (κ1) is 24.2. The van der Waals surface area contributed by atoms with Crippen molar-refractivity contribution in [2.45, 2.75) is 38.0 Å². The molecule has 0 bridgehead atoms. The molecule has 1 aliphatic carbocycles. The minimum absolute atomic E-state index is 0.179. The van der Waals surface area contributed by atoms with Gasteiger partial charge in [-0.15, -0.1) is 0 Å². The third kappa shape index (κ3) is 5.24. The van der Waals surface area contributed by atoms with Crippen molar-refractivity contribution in [1.82, 2.24) is 9.66 Å². The predicted octanol–water partition coefficient (Wildman–Crippen LogP) is 4.49. The van der Waals surface area contributed by atoms with E-state index >= 15 is 0 Å². The largest absolute Gasteiger partial charge is 0.493 e. The minimum Gasteiger partial charge on any atom is -0.493 e. The fourth-order valence-corrected chi connectivity index (χ4v) is 4.93. The van der Waals surface area contributed by atoms with Crippen molar-refractivity contribution in [1.29, 1.82) is 0 Å². The molecule has 0 unspecified atom stereocenters. The first-order chi connectivity index (χ1) is 16.5. The number of carbonyl (C=O) groups is 1. The van der Waals surface area contributed by atoms with Crippen LogP contribution in [0.25, 0.3) is 10.9 Å². The number of aromatic nitrogens is 2. The molecule has 3 aromatic rings. The fourth-order valence-electron chi connectivity index (χ4n) is 4.15. The molecule has 1 heterocycles. The monoisotopic (exact) mass is 575 g/mol. The first-order valence-corrected chi connectivity index (χ1v) is 12.2. The molecule has 1 fully saturated rings. The van der Waals surface area contributed by atoms with Gasteiger partial charge in [-0.25, -0.2) is 9.78 Å². The van der Waals surface area contributed by atoms with E-state index in [4.69, 9.17) is 14.5 Å². The molecule has 0 amide bonds. The van der Waals surface area contributed by atoms with Gasteiger partial charge in [-0.2, -0.15) is 9.78 Å². The van der Waals surface area contributed by atoms with Gasteiger partial charge in [0.15, 0.2) is 18.1 Å². The summed E-state index contributed by atoms with van der Waals surface area (Å²) >= 11 is 2.11. The van der Waals surface area contributed by atoms with Crippen LogP contribution >= 0.6 is 22.6 Å². The van der Waals surface area contributed by atoms with Gasteiger partial charge in [0.2, 0.25) is 0 Å². The number of methoxy groups -OCH3 is 2. The Morgan fingerprint density at radius 1 is 1.21 bits per heavy atom. The second kappa shape index (κ2) is 11.0. The smallest absolute Gasteiger partial charge is 0.343 e. The predicted molar refractivity (Wildman–Crippen MR) is 138 cm³/mol. The summed E-state index contributed by atoms with van der Waals surface area (Å²) in [4.78, 5) is 29.7. The second-order valence-electron chi connectivity index (χ2n) is 8.08. The molecule has 1 aliphatic rings. The zero-order valence-electron chi connectivity index (χ0n) is 19.1. The molecule has 0 atom stereocenters. The Bertz CT molecular complexity index is 1280. The lowest BCUT2D eigenvalue weighted by molar-refractivity contribution is -0.142. The molecule has 1 aromatic heterocycles. The number of hydrogen-bond donors (Lipinski definition) is 0. The van der Waals surface area contributed by atoms with Crippen LogP contribution in [-0.4, -0.2) is 42.7 Å². The summed E-state index contributed by atoms with van der Waals surface area (Å²) in [7, 11) is 2.83. The number of halogens is 1. The molecule has 0 aliphatic heterocycles. The summed E-state index contributed by atoms with van der Waals surface area (Å²) in [6.07, 6.45) is 7.08. The Morgan fingerprint density at radius 2 is 1.97 bits per heavy atom. The van der Waals surface area contributed by atoms with Gasteiger partial charge in [-0.05, 0) is 65.3 Å². The lowest BCUT2D eigenvalue weighted by Crippen LogP contribution is -2.25. The van der Waals surface area contributed by atoms with Crippen LogP contribution in [0.4, 0.5) is 0 Å². The van der Waals surface area contributed by atoms with Crippen molar-refractivity contribution < 1.29 is 19.0 Å². The fraction of sp³-hybridized carbons (Fsp3) is 0.360. The molecule has 0 N–H and O–H groups in total. The number of nitrogens with zero attached hydrogens (tertiary/aromatic N) is 3. The van der Waals surface area contributed by atoms with E-state index in [-0.39, 0.29) is 18.1 Å². The summed E-state index contributed by atoms with van der Waals surface area (Å²) in [5.74, 6) is 1.32. The zero-order chi connectivity index (χ0) is 24.1. The summed E-state index contributed by atoms with van der Waals surface area (Å²) in [6.45, 7) is -0.223. The normalized spacial score (nSPS) is 14.4. The standard InChI is InChI=1S/C25H26IN3O5/c1-32-21-13-16(12-19(26)23(21)34-15-22(30)33-2)14-27-29-24(17-8-4-3-5-9-17)28-20-11-7-6-10-18(20)25(29)31/h6-7,10-14,17H,3-5,8-9,15H2,1-2H3. The van der Waals surface area contributed by atoms with E-state index in [2.05, 4.69) is 32.4 Å². The minimum atomic E-state index is -0.484. The van der Waals surface area contributed by atoms with Gasteiger partial charge >= 0.3 is 5.97 Å². The van der Waals surface area contributed by atoms with E-state index in [1.54, 1.807) is 18.3 Å². The van der Waals surface area contributed by atoms with Crippen molar-refractivity contribution in [3.8, 4) is 11.5 Å². The Balaban J connectivity index is 1.73. The van der Waals surface area contributed by atoms with Crippen LogP contribution in [0.3, 0.4) is 0 Å². The molecular weight excluding hydrogens is 549 g/mol. The number of fused-ring (bicyclic) bond motifs is 1. The average molecular weight is 575 g/mol. The maximum Gasteiger partial charge on any atom is 0.343 e. The van der Waals surface area contributed by atoms with Crippen LogP contribution in [0.15, 0.2) is 46.3 Å². The Kier molecular flexibility index (Phi) is 7.81. The van der Waals surface area contributed by atoms with Crippen molar-refractivity contribution in [2.24, 2.45) is 5.10 Å². The summed E-state index contributed by atoms with van der Waals surface area (Å²) in [5, 5.41) is 5.12. The molecule has 0 saturated heterocycles. The van der Waals surface area contributed by atoms with E-state index in [1.165, 1.54) is 25.3 Å². The Morgan fingerprint density at radius 3 is 2.71 bits per heavy atom. The molecule has 34 heavy (non-hydrogen) atoms. The van der Waals surface area contributed by atoms with Crippen molar-refractivity contribution in [3.63, 3.8) is 0 Å². The number of hydrogen-bond acceptors (Lipinski definition) is 7. The molecule has 9 heteroatoms. The molecule has 8 nitrogen and oxygen atoms in total. The van der Waals surface area contributed by atoms with E-state index < -0.39 is 5.97 Å². The average Bonchev–Trinajstić information content (AvgIpc) is 2.87. The van der Waals surface area contributed by atoms with Gasteiger partial charge in [0.25, 0.3) is 5.56 Å². The van der Waals surface area contributed by atoms with Crippen LogP contribution in [0.5, 0.6) is 11.5 Å². The Hall–Kier alpha value is -2.95. The summed E-state index contributed by atoms with van der Waals surface area (Å²) in [6, 6.07) is 11.0. The van der Waals surface area contributed by atoms with E-state index in [0.717, 1.165) is 34.8 Å². The molecule has 0 radical (unpaired) electrons. The molecular formula is C25H26IN3O5. The molecule has 1 saturated carbocycles. The highest BCUT2D eigenvalue weighted by Gasteiger charge is 2.22. The summed E-state index contributed by atoms with van der Waals surface area (Å²) < 4.78 is 17.9. The van der Waals surface area contributed by atoms with Gasteiger partial charge in [-0.3, -0.25) is 4.79 Å². The number of esters is 1. The third-order valence-corrected chi connectivity index (χ3v) is 6.69. The van der Waals surface area contributed by atoms with E-state index in [0.29, 0.717) is 28.2 Å². The molecule has 4 rings (SSSR count). The van der Waals surface area contributed by atoms with Crippen molar-refractivity contribution in [3.05, 3.63) is 61.7 Å². The topological polar surface area (TPSA) is 92.0 Å². The zero-order valence-corrected chi connectivity index (χ0v) is 21.3. The van der Waals surface area contributed by atoms with Gasteiger partial charge in [0.05, 0.1) is 34.9 Å². The van der Waals surface area contributed by atoms with Crippen LogP contribution < -0.4 is 15.0 Å². The van der Waals surface area contributed by atoms with Crippen LogP contribution in [0.2, 0.25) is 0 Å². The lowest BCUT2D eigenvalue weighted by atomic mass is 9.88. The third-order valence-electron chi connectivity index (χ3n) is 5.89. The maximum absolute atomic E-state index is 13.4. The number of rotatable bonds is 7. The van der Waals surface area contributed by atoms with E-state index in [1.807, 2.05) is 24.3 Å². The summed E-state index contributed by atoms with van der Waals surface area (Å²) in [5.41, 5.74) is 1.24. The number of benzene rings is 2. The maximum atomic E-state index is 13.4. The molecule has 0 spiro atoms. The van der Waals surface area contributed by atoms with Gasteiger partial charge < -0.3 is 14.2 Å². The number of ether oxygens (including phenoxy) is 3. The van der Waals surface area contributed by atoms with Gasteiger partial charge in [-0.1, -0.05) is 31.4 Å². The van der Waals surface area contributed by atoms with Crippen molar-refractivity contribution >= 4 is 45.7 Å². The Labute approximate surface area is 211 Å². The second-order valence-corrected chi connectivity index (χ2v) is 9.24. The highest BCUT2D eigenvalue weighted by molar-refractivity contribution is 14.1. The van der Waals surface area contributed by atoms with E-state index in [9.17, 15) is 9.59 Å². The molecule has 178 valence electrons. The lowest BCUT2D eigenvalue weighted by Gasteiger charge is -2.22. The van der Waals surface area contributed by atoms with Crippen LogP contribution in [0, 0.1) is 3.57 Å². The first-order valence-electron chi connectivity index (χ1n) is 11.1.